The number of carboxylic acid groups (broad SMARTS) is 1. The van der Waals surface area contributed by atoms with Crippen molar-refractivity contribution in [3.63, 3.8) is 0 Å². The van der Waals surface area contributed by atoms with E-state index in [2.05, 4.69) is 9.80 Å². The average molecular weight is 282 g/mol. The second-order valence-electron chi connectivity index (χ2n) is 6.39. The molecule has 3 unspecified atom stereocenters. The Hall–Kier alpha value is -0.650. The van der Waals surface area contributed by atoms with Gasteiger partial charge in [-0.25, -0.2) is 0 Å². The van der Waals surface area contributed by atoms with Gasteiger partial charge in [-0.2, -0.15) is 0 Å². The summed E-state index contributed by atoms with van der Waals surface area (Å²) in [6, 6.07) is 0.273. The number of morpholine rings is 1. The van der Waals surface area contributed by atoms with E-state index in [1.165, 1.54) is 25.7 Å². The van der Waals surface area contributed by atoms with Crippen LogP contribution in [-0.4, -0.2) is 72.4 Å². The van der Waals surface area contributed by atoms with E-state index in [1.54, 1.807) is 0 Å². The number of hydrogen-bond donors (Lipinski definition) is 1. The first kappa shape index (κ1) is 14.3. The summed E-state index contributed by atoms with van der Waals surface area (Å²) >= 11 is 0. The zero-order valence-corrected chi connectivity index (χ0v) is 12.2. The van der Waals surface area contributed by atoms with Crippen LogP contribution in [0.1, 0.15) is 32.1 Å². The van der Waals surface area contributed by atoms with Crippen molar-refractivity contribution in [2.45, 2.75) is 44.2 Å². The highest BCUT2D eigenvalue weighted by Gasteiger charge is 2.44. The first-order chi connectivity index (χ1) is 9.75. The fourth-order valence-electron chi connectivity index (χ4n) is 4.20. The average Bonchev–Trinajstić information content (AvgIpc) is 2.85. The normalized spacial score (nSPS) is 35.9. The molecule has 1 saturated carbocycles. The third kappa shape index (κ3) is 3.00. The van der Waals surface area contributed by atoms with E-state index in [-0.39, 0.29) is 6.04 Å². The van der Waals surface area contributed by atoms with Crippen molar-refractivity contribution in [2.75, 3.05) is 39.4 Å². The van der Waals surface area contributed by atoms with Crippen molar-refractivity contribution >= 4 is 5.97 Å². The van der Waals surface area contributed by atoms with Gasteiger partial charge in [-0.3, -0.25) is 14.6 Å². The Labute approximate surface area is 120 Å². The summed E-state index contributed by atoms with van der Waals surface area (Å²) in [6.07, 6.45) is 5.83. The van der Waals surface area contributed by atoms with Crippen LogP contribution < -0.4 is 0 Å². The number of hydrogen-bond acceptors (Lipinski definition) is 4. The predicted octanol–water partition coefficient (Wildman–Crippen LogP) is 1.04. The highest BCUT2D eigenvalue weighted by Crippen LogP contribution is 2.39. The maximum atomic E-state index is 11.5. The van der Waals surface area contributed by atoms with E-state index in [9.17, 15) is 9.90 Å². The first-order valence-electron chi connectivity index (χ1n) is 8.04. The molecule has 3 atom stereocenters. The Balaban J connectivity index is 1.60. The fourth-order valence-corrected chi connectivity index (χ4v) is 4.20. The predicted molar refractivity (Wildman–Crippen MR) is 75.8 cm³/mol. The zero-order chi connectivity index (χ0) is 13.9. The Morgan fingerprint density at radius 3 is 2.65 bits per heavy atom. The third-order valence-corrected chi connectivity index (χ3v) is 5.28. The molecule has 114 valence electrons. The molecule has 1 aliphatic carbocycles. The van der Waals surface area contributed by atoms with Crippen molar-refractivity contribution in [1.82, 2.24) is 9.80 Å². The van der Waals surface area contributed by atoms with Crippen molar-refractivity contribution in [1.29, 1.82) is 0 Å². The van der Waals surface area contributed by atoms with Crippen molar-refractivity contribution < 1.29 is 14.6 Å². The minimum absolute atomic E-state index is 0.246. The number of nitrogens with zero attached hydrogens (tertiary/aromatic N) is 2. The Kier molecular flexibility index (Phi) is 4.58. The van der Waals surface area contributed by atoms with E-state index in [0.29, 0.717) is 12.0 Å². The first-order valence-corrected chi connectivity index (χ1v) is 8.04. The quantitative estimate of drug-likeness (QED) is 0.835. The molecule has 2 heterocycles. The molecule has 5 heteroatoms. The summed E-state index contributed by atoms with van der Waals surface area (Å²) in [7, 11) is 0. The molecular weight excluding hydrogens is 256 g/mol. The molecule has 0 aromatic carbocycles. The maximum Gasteiger partial charge on any atom is 0.320 e. The molecule has 5 nitrogen and oxygen atoms in total. The molecule has 0 radical (unpaired) electrons. The van der Waals surface area contributed by atoms with Crippen molar-refractivity contribution in [2.24, 2.45) is 5.92 Å². The molecule has 1 N–H and O–H groups in total. The second-order valence-corrected chi connectivity index (χ2v) is 6.39. The van der Waals surface area contributed by atoms with Gasteiger partial charge in [-0.15, -0.1) is 0 Å². The lowest BCUT2D eigenvalue weighted by molar-refractivity contribution is -0.142. The van der Waals surface area contributed by atoms with Gasteiger partial charge in [0.05, 0.1) is 13.2 Å². The summed E-state index contributed by atoms with van der Waals surface area (Å²) in [5.41, 5.74) is 0. The van der Waals surface area contributed by atoms with Crippen LogP contribution in [0, 0.1) is 5.92 Å². The number of carboxylic acids is 1. The summed E-state index contributed by atoms with van der Waals surface area (Å²) in [5, 5.41) is 9.49. The van der Waals surface area contributed by atoms with E-state index in [4.69, 9.17) is 4.74 Å². The molecule has 3 aliphatic rings. The summed E-state index contributed by atoms with van der Waals surface area (Å²) in [6.45, 7) is 5.48. The molecular formula is C15H26N2O3. The van der Waals surface area contributed by atoms with Gasteiger partial charge in [0.1, 0.15) is 6.04 Å². The van der Waals surface area contributed by atoms with Gasteiger partial charge in [0.15, 0.2) is 0 Å². The van der Waals surface area contributed by atoms with E-state index in [1.807, 2.05) is 0 Å². The minimum atomic E-state index is -0.624. The highest BCUT2D eigenvalue weighted by molar-refractivity contribution is 5.74. The standard InChI is InChI=1S/C15H26N2O3/c18-15(19)14-11-12-3-1-2-4-13(12)17(14)6-5-16-7-9-20-10-8-16/h12-14H,1-11H2,(H,18,19). The molecule has 0 aromatic heterocycles. The molecule has 3 rings (SSSR count). The third-order valence-electron chi connectivity index (χ3n) is 5.28. The molecule has 0 aromatic rings. The molecule has 3 fully saturated rings. The van der Waals surface area contributed by atoms with Crippen LogP contribution in [-0.2, 0) is 9.53 Å². The monoisotopic (exact) mass is 282 g/mol. The Bertz CT molecular complexity index is 344. The number of aliphatic carboxylic acids is 1. The Morgan fingerprint density at radius 2 is 1.90 bits per heavy atom. The number of rotatable bonds is 4. The lowest BCUT2D eigenvalue weighted by atomic mass is 9.85. The molecule has 2 saturated heterocycles. The molecule has 0 spiro atoms. The molecule has 20 heavy (non-hydrogen) atoms. The summed E-state index contributed by atoms with van der Waals surface area (Å²) in [4.78, 5) is 16.2. The van der Waals surface area contributed by atoms with Crippen LogP contribution in [0.3, 0.4) is 0 Å². The molecule has 0 bridgehead atoms. The van der Waals surface area contributed by atoms with Crippen LogP contribution in [0.25, 0.3) is 0 Å². The number of fused-ring (bicyclic) bond motifs is 1. The van der Waals surface area contributed by atoms with Crippen LogP contribution >= 0.6 is 0 Å². The van der Waals surface area contributed by atoms with Gasteiger partial charge < -0.3 is 9.84 Å². The van der Waals surface area contributed by atoms with E-state index >= 15 is 0 Å². The highest BCUT2D eigenvalue weighted by atomic mass is 16.5. The van der Waals surface area contributed by atoms with Crippen LogP contribution in [0.4, 0.5) is 0 Å². The summed E-state index contributed by atoms with van der Waals surface area (Å²) < 4.78 is 5.37. The topological polar surface area (TPSA) is 53.0 Å². The molecule has 0 amide bonds. The van der Waals surface area contributed by atoms with Gasteiger partial charge in [0.25, 0.3) is 0 Å². The number of ether oxygens (including phenoxy) is 1. The van der Waals surface area contributed by atoms with Crippen LogP contribution in [0.2, 0.25) is 0 Å². The number of carbonyl (C=O) groups is 1. The zero-order valence-electron chi connectivity index (χ0n) is 12.2. The maximum absolute atomic E-state index is 11.5. The lowest BCUT2D eigenvalue weighted by Crippen LogP contribution is -2.47. The van der Waals surface area contributed by atoms with Crippen molar-refractivity contribution in [3.05, 3.63) is 0 Å². The van der Waals surface area contributed by atoms with Gasteiger partial charge in [0.2, 0.25) is 0 Å². The second kappa shape index (κ2) is 6.41. The lowest BCUT2D eigenvalue weighted by Gasteiger charge is -2.35. The Morgan fingerprint density at radius 1 is 1.15 bits per heavy atom. The van der Waals surface area contributed by atoms with Gasteiger partial charge in [0, 0.05) is 32.2 Å². The van der Waals surface area contributed by atoms with Gasteiger partial charge in [-0.05, 0) is 25.2 Å². The van der Waals surface area contributed by atoms with Crippen LogP contribution in [0.15, 0.2) is 0 Å². The van der Waals surface area contributed by atoms with Gasteiger partial charge in [-0.1, -0.05) is 12.8 Å². The smallest absolute Gasteiger partial charge is 0.320 e. The molecule has 2 aliphatic heterocycles. The summed E-state index contributed by atoms with van der Waals surface area (Å²) in [5.74, 6) is -0.00378. The fraction of sp³-hybridized carbons (Fsp3) is 0.933. The minimum Gasteiger partial charge on any atom is -0.480 e. The van der Waals surface area contributed by atoms with E-state index < -0.39 is 5.97 Å². The SMILES string of the molecule is O=C(O)C1CC2CCCCC2N1CCN1CCOCC1. The van der Waals surface area contributed by atoms with Gasteiger partial charge >= 0.3 is 5.97 Å². The number of likely N-dealkylation sites (tertiary alicyclic amines) is 1. The largest absolute Gasteiger partial charge is 0.480 e. The van der Waals surface area contributed by atoms with Crippen molar-refractivity contribution in [3.8, 4) is 0 Å². The van der Waals surface area contributed by atoms with E-state index in [0.717, 1.165) is 45.8 Å². The van der Waals surface area contributed by atoms with Crippen LogP contribution in [0.5, 0.6) is 0 Å².